The maximum atomic E-state index is 12.4. The van der Waals surface area contributed by atoms with Crippen molar-refractivity contribution in [3.05, 3.63) is 47.0 Å². The van der Waals surface area contributed by atoms with Crippen LogP contribution in [0.3, 0.4) is 0 Å². The van der Waals surface area contributed by atoms with Crippen molar-refractivity contribution in [2.45, 2.75) is 13.3 Å². The van der Waals surface area contributed by atoms with Crippen molar-refractivity contribution < 1.29 is 14.4 Å². The number of fused-ring (bicyclic) bond motifs is 1. The van der Waals surface area contributed by atoms with E-state index in [1.165, 1.54) is 0 Å². The highest BCUT2D eigenvalue weighted by Crippen LogP contribution is 2.37. The molecule has 1 heterocycles. The third kappa shape index (κ3) is 2.31. The molecule has 1 aliphatic carbocycles. The Hall–Kier alpha value is -2.14. The summed E-state index contributed by atoms with van der Waals surface area (Å²) in [5, 5.41) is 1.12. The van der Waals surface area contributed by atoms with Gasteiger partial charge in [-0.3, -0.25) is 19.8 Å². The van der Waals surface area contributed by atoms with E-state index in [1.807, 2.05) is 19.1 Å². The lowest BCUT2D eigenvalue weighted by atomic mass is 9.78. The van der Waals surface area contributed by atoms with Crippen LogP contribution in [0.5, 0.6) is 0 Å². The number of benzene rings is 1. The lowest BCUT2D eigenvalue weighted by molar-refractivity contribution is -0.142. The Bertz CT molecular complexity index is 686. The first-order valence-corrected chi connectivity index (χ1v) is 7.48. The molecule has 114 valence electrons. The van der Waals surface area contributed by atoms with Gasteiger partial charge in [-0.05, 0) is 24.5 Å². The third-order valence-electron chi connectivity index (χ3n) is 4.20. The van der Waals surface area contributed by atoms with E-state index in [2.05, 4.69) is 5.43 Å². The maximum absolute atomic E-state index is 12.4. The molecule has 0 radical (unpaired) electrons. The van der Waals surface area contributed by atoms with Crippen molar-refractivity contribution in [3.63, 3.8) is 0 Å². The molecule has 0 saturated carbocycles. The molecular formula is C16H15ClN2O3. The average Bonchev–Trinajstić information content (AvgIpc) is 2.74. The molecule has 3 rings (SSSR count). The smallest absolute Gasteiger partial charge is 0.271 e. The molecule has 1 fully saturated rings. The molecule has 2 aliphatic rings. The number of hydrogen-bond acceptors (Lipinski definition) is 3. The number of carbonyl (C=O) groups excluding carboxylic acids is 3. The monoisotopic (exact) mass is 318 g/mol. The highest BCUT2D eigenvalue weighted by molar-refractivity contribution is 6.33. The van der Waals surface area contributed by atoms with E-state index in [0.717, 1.165) is 5.01 Å². The van der Waals surface area contributed by atoms with Gasteiger partial charge in [0.25, 0.3) is 17.7 Å². The quantitative estimate of drug-likeness (QED) is 0.671. The Morgan fingerprint density at radius 2 is 2.00 bits per heavy atom. The second-order valence-electron chi connectivity index (χ2n) is 5.59. The molecule has 5 nitrogen and oxygen atoms in total. The van der Waals surface area contributed by atoms with Gasteiger partial charge in [-0.1, -0.05) is 42.8 Å². The summed E-state index contributed by atoms with van der Waals surface area (Å²) in [6.45, 7) is 1.90. The Labute approximate surface area is 132 Å². The van der Waals surface area contributed by atoms with Crippen LogP contribution < -0.4 is 5.43 Å². The van der Waals surface area contributed by atoms with Crippen molar-refractivity contribution >= 4 is 29.3 Å². The molecule has 0 unspecified atom stereocenters. The minimum absolute atomic E-state index is 0.0163. The van der Waals surface area contributed by atoms with Gasteiger partial charge in [0.2, 0.25) is 0 Å². The Kier molecular flexibility index (Phi) is 3.74. The van der Waals surface area contributed by atoms with Crippen molar-refractivity contribution in [1.29, 1.82) is 0 Å². The number of hydrazine groups is 1. The summed E-state index contributed by atoms with van der Waals surface area (Å²) in [7, 11) is 0. The number of allylic oxidation sites excluding steroid dienone is 2. The van der Waals surface area contributed by atoms with Crippen LogP contribution >= 0.6 is 11.6 Å². The first kappa shape index (κ1) is 14.8. The highest BCUT2D eigenvalue weighted by Gasteiger charge is 2.50. The first-order valence-electron chi connectivity index (χ1n) is 7.10. The van der Waals surface area contributed by atoms with Gasteiger partial charge in [-0.25, -0.2) is 0 Å². The number of amides is 3. The fourth-order valence-electron chi connectivity index (χ4n) is 3.06. The van der Waals surface area contributed by atoms with Gasteiger partial charge in [-0.15, -0.1) is 0 Å². The fourth-order valence-corrected chi connectivity index (χ4v) is 3.29. The van der Waals surface area contributed by atoms with Crippen LogP contribution in [0.4, 0.5) is 0 Å². The van der Waals surface area contributed by atoms with Gasteiger partial charge in [0.05, 0.1) is 22.4 Å². The molecule has 3 atom stereocenters. The van der Waals surface area contributed by atoms with Crippen molar-refractivity contribution in [2.24, 2.45) is 17.8 Å². The summed E-state index contributed by atoms with van der Waals surface area (Å²) >= 11 is 5.96. The molecule has 22 heavy (non-hydrogen) atoms. The number of hydrogen-bond donors (Lipinski definition) is 1. The van der Waals surface area contributed by atoms with Crippen LogP contribution in [0.1, 0.15) is 23.7 Å². The van der Waals surface area contributed by atoms with Crippen molar-refractivity contribution in [3.8, 4) is 0 Å². The summed E-state index contributed by atoms with van der Waals surface area (Å²) in [5.41, 5.74) is 2.62. The fraction of sp³-hybridized carbons (Fsp3) is 0.312. The first-order chi connectivity index (χ1) is 10.5. The zero-order valence-corrected chi connectivity index (χ0v) is 12.7. The van der Waals surface area contributed by atoms with Crippen LogP contribution in [0.15, 0.2) is 36.4 Å². The Morgan fingerprint density at radius 3 is 2.68 bits per heavy atom. The summed E-state index contributed by atoms with van der Waals surface area (Å²) in [5.74, 6) is -2.08. The molecular weight excluding hydrogens is 304 g/mol. The van der Waals surface area contributed by atoms with Crippen LogP contribution in [0.25, 0.3) is 0 Å². The Morgan fingerprint density at radius 1 is 1.27 bits per heavy atom. The highest BCUT2D eigenvalue weighted by atomic mass is 35.5. The van der Waals surface area contributed by atoms with E-state index >= 15 is 0 Å². The van der Waals surface area contributed by atoms with E-state index < -0.39 is 11.8 Å². The predicted octanol–water partition coefficient (Wildman–Crippen LogP) is 2.18. The second kappa shape index (κ2) is 5.57. The molecule has 0 spiro atoms. The minimum Gasteiger partial charge on any atom is -0.272 e. The number of rotatable bonds is 2. The van der Waals surface area contributed by atoms with Crippen LogP contribution in [0, 0.1) is 17.8 Å². The van der Waals surface area contributed by atoms with Gasteiger partial charge in [0.1, 0.15) is 0 Å². The second-order valence-corrected chi connectivity index (χ2v) is 6.00. The van der Waals surface area contributed by atoms with E-state index in [4.69, 9.17) is 11.6 Å². The topological polar surface area (TPSA) is 66.5 Å². The molecule has 0 bridgehead atoms. The lowest BCUT2D eigenvalue weighted by Crippen LogP contribution is -2.46. The number of carbonyl (C=O) groups is 3. The maximum Gasteiger partial charge on any atom is 0.271 e. The van der Waals surface area contributed by atoms with Gasteiger partial charge in [-0.2, -0.15) is 5.01 Å². The predicted molar refractivity (Wildman–Crippen MR) is 80.7 cm³/mol. The number of nitrogens with zero attached hydrogens (tertiary/aromatic N) is 1. The summed E-state index contributed by atoms with van der Waals surface area (Å²) in [4.78, 5) is 37.0. The van der Waals surface area contributed by atoms with E-state index in [-0.39, 0.29) is 34.2 Å². The third-order valence-corrected chi connectivity index (χ3v) is 4.53. The van der Waals surface area contributed by atoms with Crippen LogP contribution in [-0.2, 0) is 9.59 Å². The molecule has 1 aromatic carbocycles. The van der Waals surface area contributed by atoms with Gasteiger partial charge in [0.15, 0.2) is 0 Å². The zero-order valence-electron chi connectivity index (χ0n) is 12.0. The van der Waals surface area contributed by atoms with E-state index in [0.29, 0.717) is 6.42 Å². The number of nitrogens with one attached hydrogen (secondary N) is 1. The van der Waals surface area contributed by atoms with Crippen LogP contribution in [0.2, 0.25) is 5.02 Å². The standard InChI is InChI=1S/C16H15ClN2O3/c1-9-5-4-7-11-13(9)16(22)19(15(11)21)18-14(20)10-6-2-3-8-12(10)17/h2-6,8-9,11,13H,7H2,1H3,(H,18,20)/t9-,11-,13+/m1/s1. The molecule has 6 heteroatoms. The average molecular weight is 319 g/mol. The summed E-state index contributed by atoms with van der Waals surface area (Å²) in [6.07, 6.45) is 4.38. The minimum atomic E-state index is -0.563. The Balaban J connectivity index is 1.82. The van der Waals surface area contributed by atoms with Gasteiger partial charge in [0, 0.05) is 0 Å². The molecule has 1 saturated heterocycles. The van der Waals surface area contributed by atoms with Crippen molar-refractivity contribution in [2.75, 3.05) is 0 Å². The molecule has 0 aromatic heterocycles. The largest absolute Gasteiger partial charge is 0.272 e. The molecule has 3 amide bonds. The normalized spacial score (nSPS) is 27.0. The van der Waals surface area contributed by atoms with Crippen molar-refractivity contribution in [1.82, 2.24) is 10.4 Å². The zero-order chi connectivity index (χ0) is 15.9. The number of imide groups is 1. The van der Waals surface area contributed by atoms with Gasteiger partial charge < -0.3 is 0 Å². The lowest BCUT2D eigenvalue weighted by Gasteiger charge is -2.22. The molecule has 1 aliphatic heterocycles. The molecule has 1 N–H and O–H groups in total. The van der Waals surface area contributed by atoms with E-state index in [9.17, 15) is 14.4 Å². The van der Waals surface area contributed by atoms with E-state index in [1.54, 1.807) is 24.3 Å². The molecule has 1 aromatic rings. The van der Waals surface area contributed by atoms with Gasteiger partial charge >= 0.3 is 0 Å². The number of halogens is 1. The van der Waals surface area contributed by atoms with Crippen LogP contribution in [-0.4, -0.2) is 22.7 Å². The summed E-state index contributed by atoms with van der Waals surface area (Å²) in [6, 6.07) is 6.49. The SMILES string of the molecule is C[C@@H]1C=CC[C@H]2C(=O)N(NC(=O)c3ccccc3Cl)C(=O)[C@@H]12. The summed E-state index contributed by atoms with van der Waals surface area (Å²) < 4.78 is 0.